The summed E-state index contributed by atoms with van der Waals surface area (Å²) in [5.74, 6) is 0.615. The molecule has 0 saturated heterocycles. The number of H-pyrrole nitrogens is 1. The Bertz CT molecular complexity index is 655. The average molecular weight is 263 g/mol. The van der Waals surface area contributed by atoms with E-state index >= 15 is 0 Å². The van der Waals surface area contributed by atoms with Crippen molar-refractivity contribution < 1.29 is 9.21 Å². The summed E-state index contributed by atoms with van der Waals surface area (Å²) in [5.41, 5.74) is 0.0965. The molecule has 6 heteroatoms. The molecule has 6 nitrogen and oxygen atoms in total. The van der Waals surface area contributed by atoms with Crippen molar-refractivity contribution >= 4 is 17.0 Å². The van der Waals surface area contributed by atoms with Crippen LogP contribution in [0.25, 0.3) is 11.1 Å². The number of hydrogen-bond acceptors (Lipinski definition) is 4. The average Bonchev–Trinajstić information content (AvgIpc) is 2.66. The molecule has 19 heavy (non-hydrogen) atoms. The Morgan fingerprint density at radius 2 is 2.26 bits per heavy atom. The fourth-order valence-corrected chi connectivity index (χ4v) is 1.89. The number of nitrogens with one attached hydrogen (secondary N) is 2. The number of hydrogen-bond donors (Lipinski definition) is 2. The standard InChI is InChI=1S/C13H17N3O3/c1-7(2)4-5-14-11(17)9-8(3)19-13-10(9)12(18)15-6-16-13/h6-7H,4-5H2,1-3H3,(H,14,17)(H,15,16,18). The summed E-state index contributed by atoms with van der Waals surface area (Å²) in [6.07, 6.45) is 2.14. The van der Waals surface area contributed by atoms with Gasteiger partial charge in [0.1, 0.15) is 11.1 Å². The summed E-state index contributed by atoms with van der Waals surface area (Å²) in [7, 11) is 0. The molecule has 0 aromatic carbocycles. The molecule has 2 aromatic heterocycles. The lowest BCUT2D eigenvalue weighted by atomic mass is 10.1. The molecule has 0 spiro atoms. The Morgan fingerprint density at radius 1 is 1.53 bits per heavy atom. The van der Waals surface area contributed by atoms with E-state index in [1.165, 1.54) is 6.33 Å². The predicted molar refractivity (Wildman–Crippen MR) is 71.2 cm³/mol. The van der Waals surface area contributed by atoms with Crippen LogP contribution in [0.4, 0.5) is 0 Å². The summed E-state index contributed by atoms with van der Waals surface area (Å²) in [6, 6.07) is 0. The molecule has 1 amide bonds. The van der Waals surface area contributed by atoms with Gasteiger partial charge in [-0.05, 0) is 19.3 Å². The first kappa shape index (κ1) is 13.3. The monoisotopic (exact) mass is 263 g/mol. The van der Waals surface area contributed by atoms with Gasteiger partial charge in [0, 0.05) is 6.54 Å². The van der Waals surface area contributed by atoms with Crippen LogP contribution in [0, 0.1) is 12.8 Å². The number of aryl methyl sites for hydroxylation is 1. The Kier molecular flexibility index (Phi) is 3.69. The Hall–Kier alpha value is -2.11. The van der Waals surface area contributed by atoms with Gasteiger partial charge < -0.3 is 14.7 Å². The molecular weight excluding hydrogens is 246 g/mol. The van der Waals surface area contributed by atoms with Crippen molar-refractivity contribution in [3.8, 4) is 0 Å². The maximum Gasteiger partial charge on any atom is 0.262 e. The lowest BCUT2D eigenvalue weighted by Gasteiger charge is -2.06. The zero-order valence-electron chi connectivity index (χ0n) is 11.2. The summed E-state index contributed by atoms with van der Waals surface area (Å²) in [4.78, 5) is 30.2. The van der Waals surface area contributed by atoms with Crippen molar-refractivity contribution in [3.63, 3.8) is 0 Å². The molecule has 0 atom stereocenters. The maximum atomic E-state index is 12.1. The summed E-state index contributed by atoms with van der Waals surface area (Å²) in [6.45, 7) is 6.39. The van der Waals surface area contributed by atoms with E-state index < -0.39 is 0 Å². The Morgan fingerprint density at radius 3 is 2.95 bits per heavy atom. The maximum absolute atomic E-state index is 12.1. The van der Waals surface area contributed by atoms with Gasteiger partial charge in [0.05, 0.1) is 11.9 Å². The van der Waals surface area contributed by atoms with E-state index in [4.69, 9.17) is 4.42 Å². The van der Waals surface area contributed by atoms with E-state index in [0.717, 1.165) is 6.42 Å². The van der Waals surface area contributed by atoms with Crippen LogP contribution in [-0.2, 0) is 0 Å². The zero-order chi connectivity index (χ0) is 14.0. The van der Waals surface area contributed by atoms with E-state index in [9.17, 15) is 9.59 Å². The number of carbonyl (C=O) groups is 1. The Balaban J connectivity index is 2.31. The zero-order valence-corrected chi connectivity index (χ0v) is 11.2. The van der Waals surface area contributed by atoms with Crippen LogP contribution in [0.15, 0.2) is 15.5 Å². The quantitative estimate of drug-likeness (QED) is 0.877. The molecule has 0 aliphatic heterocycles. The summed E-state index contributed by atoms with van der Waals surface area (Å²) in [5, 5.41) is 3.01. The van der Waals surface area contributed by atoms with E-state index in [0.29, 0.717) is 18.2 Å². The first-order valence-electron chi connectivity index (χ1n) is 6.25. The molecule has 2 N–H and O–H groups in total. The second-order valence-corrected chi connectivity index (χ2v) is 4.88. The van der Waals surface area contributed by atoms with Gasteiger partial charge in [-0.15, -0.1) is 0 Å². The van der Waals surface area contributed by atoms with Crippen molar-refractivity contribution in [3.05, 3.63) is 28.0 Å². The fourth-order valence-electron chi connectivity index (χ4n) is 1.89. The first-order valence-corrected chi connectivity index (χ1v) is 6.25. The van der Waals surface area contributed by atoms with Gasteiger partial charge in [0.2, 0.25) is 5.71 Å². The van der Waals surface area contributed by atoms with Gasteiger partial charge in [0.15, 0.2) is 0 Å². The van der Waals surface area contributed by atoms with Crippen molar-refractivity contribution in [2.24, 2.45) is 5.92 Å². The second-order valence-electron chi connectivity index (χ2n) is 4.88. The van der Waals surface area contributed by atoms with Gasteiger partial charge >= 0.3 is 0 Å². The number of amides is 1. The van der Waals surface area contributed by atoms with Gasteiger partial charge in [-0.25, -0.2) is 4.98 Å². The van der Waals surface area contributed by atoms with Crippen LogP contribution >= 0.6 is 0 Å². The fraction of sp³-hybridized carbons (Fsp3) is 0.462. The van der Waals surface area contributed by atoms with E-state index in [1.54, 1.807) is 6.92 Å². The minimum Gasteiger partial charge on any atom is -0.442 e. The van der Waals surface area contributed by atoms with E-state index in [-0.39, 0.29) is 28.1 Å². The molecule has 0 bridgehead atoms. The van der Waals surface area contributed by atoms with E-state index in [2.05, 4.69) is 29.1 Å². The molecule has 102 valence electrons. The largest absolute Gasteiger partial charge is 0.442 e. The third-order valence-electron chi connectivity index (χ3n) is 2.90. The summed E-state index contributed by atoms with van der Waals surface area (Å²) < 4.78 is 5.34. The SMILES string of the molecule is Cc1oc2nc[nH]c(=O)c2c1C(=O)NCCC(C)C. The number of fused-ring (bicyclic) bond motifs is 1. The first-order chi connectivity index (χ1) is 9.00. The highest BCUT2D eigenvalue weighted by Gasteiger charge is 2.21. The third-order valence-corrected chi connectivity index (χ3v) is 2.90. The normalized spacial score (nSPS) is 11.2. The van der Waals surface area contributed by atoms with Gasteiger partial charge in [-0.3, -0.25) is 9.59 Å². The number of carbonyl (C=O) groups excluding carboxylic acids is 1. The highest BCUT2D eigenvalue weighted by Crippen LogP contribution is 2.20. The van der Waals surface area contributed by atoms with Crippen molar-refractivity contribution in [2.75, 3.05) is 6.54 Å². The predicted octanol–water partition coefficient (Wildman–Crippen LogP) is 1.60. The number of aromatic nitrogens is 2. The number of nitrogens with zero attached hydrogens (tertiary/aromatic N) is 1. The second kappa shape index (κ2) is 5.26. The van der Waals surface area contributed by atoms with Gasteiger partial charge in [0.25, 0.3) is 11.5 Å². The molecule has 0 unspecified atom stereocenters. The van der Waals surface area contributed by atoms with Crippen LogP contribution in [0.3, 0.4) is 0 Å². The van der Waals surface area contributed by atoms with Crippen LogP contribution in [0.5, 0.6) is 0 Å². The van der Waals surface area contributed by atoms with Gasteiger partial charge in [-0.1, -0.05) is 13.8 Å². The van der Waals surface area contributed by atoms with Crippen molar-refractivity contribution in [1.82, 2.24) is 15.3 Å². The van der Waals surface area contributed by atoms with Crippen LogP contribution in [0.2, 0.25) is 0 Å². The van der Waals surface area contributed by atoms with Crippen molar-refractivity contribution in [2.45, 2.75) is 27.2 Å². The highest BCUT2D eigenvalue weighted by atomic mass is 16.3. The number of aromatic amines is 1. The molecule has 0 saturated carbocycles. The van der Waals surface area contributed by atoms with E-state index in [1.807, 2.05) is 0 Å². The topological polar surface area (TPSA) is 88.0 Å². The number of furan rings is 1. The van der Waals surface area contributed by atoms with Crippen molar-refractivity contribution in [1.29, 1.82) is 0 Å². The number of rotatable bonds is 4. The van der Waals surface area contributed by atoms with Gasteiger partial charge in [-0.2, -0.15) is 0 Å². The lowest BCUT2D eigenvalue weighted by molar-refractivity contribution is 0.0952. The minimum atomic E-state index is -0.365. The molecule has 0 aliphatic carbocycles. The molecule has 0 fully saturated rings. The lowest BCUT2D eigenvalue weighted by Crippen LogP contribution is -2.26. The molecule has 2 aromatic rings. The third kappa shape index (κ3) is 2.67. The summed E-state index contributed by atoms with van der Waals surface area (Å²) >= 11 is 0. The molecule has 0 aliphatic rings. The molecule has 2 heterocycles. The van der Waals surface area contributed by atoms with Crippen LogP contribution in [0.1, 0.15) is 36.4 Å². The molecule has 0 radical (unpaired) electrons. The van der Waals surface area contributed by atoms with Crippen LogP contribution in [-0.4, -0.2) is 22.4 Å². The smallest absolute Gasteiger partial charge is 0.262 e. The molecule has 2 rings (SSSR count). The highest BCUT2D eigenvalue weighted by molar-refractivity contribution is 6.06. The molecular formula is C13H17N3O3. The van der Waals surface area contributed by atoms with Crippen LogP contribution < -0.4 is 10.9 Å². The minimum absolute atomic E-state index is 0.190. The Labute approximate surface area is 110 Å².